The molecule has 0 aliphatic carbocycles. The van der Waals surface area contributed by atoms with E-state index in [4.69, 9.17) is 4.74 Å². The first-order chi connectivity index (χ1) is 8.51. The number of rotatable bonds is 6. The van der Waals surface area contributed by atoms with E-state index in [-0.39, 0.29) is 11.9 Å². The van der Waals surface area contributed by atoms with E-state index in [1.54, 1.807) is 12.0 Å². The summed E-state index contributed by atoms with van der Waals surface area (Å²) in [6.07, 6.45) is 1.95. The van der Waals surface area contributed by atoms with Gasteiger partial charge in [0.2, 0.25) is 0 Å². The molecule has 0 fully saturated rings. The van der Waals surface area contributed by atoms with Crippen molar-refractivity contribution < 1.29 is 9.53 Å². The molecule has 1 aromatic rings. The molecule has 0 spiro atoms. The Morgan fingerprint density at radius 1 is 1.56 bits per heavy atom. The fraction of sp³-hybridized carbons (Fsp3) is 0.615. The van der Waals surface area contributed by atoms with E-state index >= 15 is 0 Å². The van der Waals surface area contributed by atoms with Crippen LogP contribution in [0.4, 0.5) is 0 Å². The first kappa shape index (κ1) is 15.2. The minimum absolute atomic E-state index is 0.0500. The SMILES string of the molecule is CCN(CCOC)C(=O)c1cc(Br)cn1C(C)C. The van der Waals surface area contributed by atoms with Gasteiger partial charge in [0.25, 0.3) is 5.91 Å². The topological polar surface area (TPSA) is 34.5 Å². The summed E-state index contributed by atoms with van der Waals surface area (Å²) in [5.74, 6) is 0.0500. The number of hydrogen-bond acceptors (Lipinski definition) is 2. The van der Waals surface area contributed by atoms with E-state index in [9.17, 15) is 4.79 Å². The first-order valence-corrected chi connectivity index (χ1v) is 6.96. The Balaban J connectivity index is 2.94. The molecule has 102 valence electrons. The molecule has 0 saturated carbocycles. The normalized spacial score (nSPS) is 11.0. The Morgan fingerprint density at radius 2 is 2.22 bits per heavy atom. The summed E-state index contributed by atoms with van der Waals surface area (Å²) < 4.78 is 7.95. The predicted molar refractivity (Wildman–Crippen MR) is 76.0 cm³/mol. The highest BCUT2D eigenvalue weighted by Gasteiger charge is 2.19. The van der Waals surface area contributed by atoms with E-state index in [1.807, 2.05) is 23.8 Å². The van der Waals surface area contributed by atoms with Crippen molar-refractivity contribution in [1.29, 1.82) is 0 Å². The van der Waals surface area contributed by atoms with E-state index in [0.717, 1.165) is 10.2 Å². The molecular weight excluding hydrogens is 296 g/mol. The van der Waals surface area contributed by atoms with Crippen molar-refractivity contribution in [3.8, 4) is 0 Å². The number of halogens is 1. The lowest BCUT2D eigenvalue weighted by molar-refractivity contribution is 0.0694. The second-order valence-corrected chi connectivity index (χ2v) is 5.34. The summed E-state index contributed by atoms with van der Waals surface area (Å²) in [5, 5.41) is 0. The molecule has 1 heterocycles. The van der Waals surface area contributed by atoms with Crippen molar-refractivity contribution in [2.75, 3.05) is 26.8 Å². The molecule has 0 unspecified atom stereocenters. The zero-order valence-electron chi connectivity index (χ0n) is 11.4. The van der Waals surface area contributed by atoms with Gasteiger partial charge in [-0.05, 0) is 42.8 Å². The Hall–Kier alpha value is -0.810. The highest BCUT2D eigenvalue weighted by molar-refractivity contribution is 9.10. The van der Waals surface area contributed by atoms with Crippen LogP contribution in [-0.2, 0) is 4.74 Å². The van der Waals surface area contributed by atoms with Crippen LogP contribution < -0.4 is 0 Å². The second-order valence-electron chi connectivity index (χ2n) is 4.42. The molecule has 0 aliphatic heterocycles. The zero-order valence-corrected chi connectivity index (χ0v) is 13.0. The number of amides is 1. The van der Waals surface area contributed by atoms with Crippen LogP contribution >= 0.6 is 15.9 Å². The molecule has 5 heteroatoms. The van der Waals surface area contributed by atoms with Crippen LogP contribution in [-0.4, -0.2) is 42.2 Å². The van der Waals surface area contributed by atoms with Crippen molar-refractivity contribution in [2.24, 2.45) is 0 Å². The van der Waals surface area contributed by atoms with Crippen LogP contribution in [0.5, 0.6) is 0 Å². The molecular formula is C13H21BrN2O2. The number of hydrogen-bond donors (Lipinski definition) is 0. The van der Waals surface area contributed by atoms with Gasteiger partial charge in [0, 0.05) is 36.9 Å². The summed E-state index contributed by atoms with van der Waals surface area (Å²) in [6, 6.07) is 2.13. The number of aromatic nitrogens is 1. The zero-order chi connectivity index (χ0) is 13.7. The maximum atomic E-state index is 12.4. The average molecular weight is 317 g/mol. The summed E-state index contributed by atoms with van der Waals surface area (Å²) >= 11 is 3.43. The van der Waals surface area contributed by atoms with Gasteiger partial charge in [0.1, 0.15) is 5.69 Å². The molecule has 0 saturated heterocycles. The van der Waals surface area contributed by atoms with Crippen LogP contribution in [0, 0.1) is 0 Å². The lowest BCUT2D eigenvalue weighted by Crippen LogP contribution is -2.35. The van der Waals surface area contributed by atoms with E-state index in [1.165, 1.54) is 0 Å². The minimum Gasteiger partial charge on any atom is -0.383 e. The van der Waals surface area contributed by atoms with Gasteiger partial charge in [-0.15, -0.1) is 0 Å². The van der Waals surface area contributed by atoms with E-state index in [2.05, 4.69) is 29.8 Å². The Bertz CT molecular complexity index is 402. The maximum absolute atomic E-state index is 12.4. The molecule has 0 aliphatic rings. The van der Waals surface area contributed by atoms with Gasteiger partial charge < -0.3 is 14.2 Å². The fourth-order valence-corrected chi connectivity index (χ4v) is 2.25. The van der Waals surface area contributed by atoms with Crippen molar-refractivity contribution >= 4 is 21.8 Å². The quantitative estimate of drug-likeness (QED) is 0.808. The third-order valence-electron chi connectivity index (χ3n) is 2.82. The molecule has 0 atom stereocenters. The van der Waals surface area contributed by atoms with Gasteiger partial charge in [-0.3, -0.25) is 4.79 Å². The van der Waals surface area contributed by atoms with Gasteiger partial charge in [0.05, 0.1) is 6.61 Å². The van der Waals surface area contributed by atoms with Crippen LogP contribution in [0.2, 0.25) is 0 Å². The number of carbonyl (C=O) groups excluding carboxylic acids is 1. The molecule has 1 rings (SSSR count). The maximum Gasteiger partial charge on any atom is 0.270 e. The number of methoxy groups -OCH3 is 1. The van der Waals surface area contributed by atoms with Gasteiger partial charge in [0.15, 0.2) is 0 Å². The van der Waals surface area contributed by atoms with Crippen molar-refractivity contribution in [2.45, 2.75) is 26.8 Å². The third-order valence-corrected chi connectivity index (χ3v) is 3.26. The van der Waals surface area contributed by atoms with E-state index in [0.29, 0.717) is 19.7 Å². The van der Waals surface area contributed by atoms with Gasteiger partial charge >= 0.3 is 0 Å². The monoisotopic (exact) mass is 316 g/mol. The second kappa shape index (κ2) is 6.95. The van der Waals surface area contributed by atoms with E-state index < -0.39 is 0 Å². The van der Waals surface area contributed by atoms with Gasteiger partial charge in [-0.1, -0.05) is 0 Å². The Morgan fingerprint density at radius 3 is 2.72 bits per heavy atom. The lowest BCUT2D eigenvalue weighted by atomic mass is 10.3. The highest BCUT2D eigenvalue weighted by Crippen LogP contribution is 2.20. The van der Waals surface area contributed by atoms with Crippen LogP contribution in [0.15, 0.2) is 16.7 Å². The third kappa shape index (κ3) is 3.59. The Labute approximate surface area is 117 Å². The number of likely N-dealkylation sites (N-methyl/N-ethyl adjacent to an activating group) is 1. The van der Waals surface area contributed by atoms with Gasteiger partial charge in [-0.25, -0.2) is 0 Å². The van der Waals surface area contributed by atoms with Crippen LogP contribution in [0.1, 0.15) is 37.3 Å². The van der Waals surface area contributed by atoms with Crippen LogP contribution in [0.3, 0.4) is 0 Å². The number of carbonyl (C=O) groups is 1. The molecule has 1 amide bonds. The van der Waals surface area contributed by atoms with Crippen LogP contribution in [0.25, 0.3) is 0 Å². The summed E-state index contributed by atoms with van der Waals surface area (Å²) in [6.45, 7) is 7.97. The predicted octanol–water partition coefficient (Wildman–Crippen LogP) is 2.94. The smallest absolute Gasteiger partial charge is 0.270 e. The van der Waals surface area contributed by atoms with Crippen molar-refractivity contribution in [3.05, 3.63) is 22.4 Å². The summed E-state index contributed by atoms with van der Waals surface area (Å²) in [5.41, 5.74) is 0.717. The highest BCUT2D eigenvalue weighted by atomic mass is 79.9. The standard InChI is InChI=1S/C13H21BrN2O2/c1-5-15(6-7-18-4)13(17)12-8-11(14)9-16(12)10(2)3/h8-10H,5-7H2,1-4H3. The largest absolute Gasteiger partial charge is 0.383 e. The molecule has 0 N–H and O–H groups in total. The molecule has 4 nitrogen and oxygen atoms in total. The molecule has 0 radical (unpaired) electrons. The summed E-state index contributed by atoms with van der Waals surface area (Å²) in [7, 11) is 1.64. The molecule has 0 bridgehead atoms. The Kier molecular flexibility index (Phi) is 5.88. The molecule has 18 heavy (non-hydrogen) atoms. The summed E-state index contributed by atoms with van der Waals surface area (Å²) in [4.78, 5) is 14.2. The average Bonchev–Trinajstić information content (AvgIpc) is 2.72. The van der Waals surface area contributed by atoms with Crippen molar-refractivity contribution in [1.82, 2.24) is 9.47 Å². The first-order valence-electron chi connectivity index (χ1n) is 6.16. The fourth-order valence-electron chi connectivity index (χ4n) is 1.81. The number of ether oxygens (including phenoxy) is 1. The molecule has 0 aromatic carbocycles. The van der Waals surface area contributed by atoms with Crippen molar-refractivity contribution in [3.63, 3.8) is 0 Å². The van der Waals surface area contributed by atoms with Gasteiger partial charge in [-0.2, -0.15) is 0 Å². The lowest BCUT2D eigenvalue weighted by Gasteiger charge is -2.22. The minimum atomic E-state index is 0.0500. The molecule has 1 aromatic heterocycles. The number of nitrogens with zero attached hydrogens (tertiary/aromatic N) is 2.